The Morgan fingerprint density at radius 2 is 1.04 bits per heavy atom. The molecule has 0 aliphatic heterocycles. The van der Waals surface area contributed by atoms with Gasteiger partial charge in [-0.1, -0.05) is 127 Å². The molecule has 0 saturated heterocycles. The van der Waals surface area contributed by atoms with E-state index >= 15 is 0 Å². The third-order valence-electron chi connectivity index (χ3n) is 8.26. The van der Waals surface area contributed by atoms with Gasteiger partial charge in [0.2, 0.25) is 0 Å². The molecule has 0 bridgehead atoms. The van der Waals surface area contributed by atoms with Crippen LogP contribution in [0.1, 0.15) is 5.56 Å². The summed E-state index contributed by atoms with van der Waals surface area (Å²) in [7, 11) is 1.70. The van der Waals surface area contributed by atoms with Gasteiger partial charge in [0.05, 0.1) is 18.5 Å². The first kappa shape index (κ1) is 28.8. The molecule has 0 fully saturated rings. The van der Waals surface area contributed by atoms with Crippen molar-refractivity contribution in [1.29, 1.82) is 0 Å². The van der Waals surface area contributed by atoms with E-state index < -0.39 is 0 Å². The summed E-state index contributed by atoms with van der Waals surface area (Å²) in [5.41, 5.74) is 14.0. The number of ether oxygens (including phenoxy) is 1. The van der Waals surface area contributed by atoms with Crippen LogP contribution >= 0.6 is 0 Å². The maximum absolute atomic E-state index is 5.71. The van der Waals surface area contributed by atoms with E-state index in [-0.39, 0.29) is 0 Å². The maximum atomic E-state index is 5.71. The molecule has 7 aromatic rings. The average Bonchev–Trinajstić information content (AvgIpc) is 3.13. The van der Waals surface area contributed by atoms with Gasteiger partial charge in [-0.2, -0.15) is 0 Å². The summed E-state index contributed by atoms with van der Waals surface area (Å²) in [4.78, 5) is 5.07. The number of hydrogen-bond donors (Lipinski definition) is 1. The fourth-order valence-electron chi connectivity index (χ4n) is 5.79. The molecule has 3 nitrogen and oxygen atoms in total. The third-order valence-corrected chi connectivity index (χ3v) is 8.26. The molecule has 6 aromatic carbocycles. The van der Waals surface area contributed by atoms with Crippen molar-refractivity contribution in [2.75, 3.05) is 12.4 Å². The zero-order valence-corrected chi connectivity index (χ0v) is 25.9. The first-order chi connectivity index (χ1) is 22.6. The van der Waals surface area contributed by atoms with Gasteiger partial charge >= 0.3 is 0 Å². The van der Waals surface area contributed by atoms with Crippen molar-refractivity contribution in [2.24, 2.45) is 0 Å². The Labute approximate surface area is 270 Å². The second kappa shape index (κ2) is 13.0. The van der Waals surface area contributed by atoms with Crippen molar-refractivity contribution in [3.8, 4) is 61.6 Å². The highest BCUT2D eigenvalue weighted by Gasteiger charge is 2.14. The fraction of sp³-hybridized carbons (Fsp3) is 0.0465. The molecular formula is C43H34N2O. The Hall–Kier alpha value is -5.93. The molecule has 1 heterocycles. The van der Waals surface area contributed by atoms with Crippen molar-refractivity contribution in [1.82, 2.24) is 4.98 Å². The van der Waals surface area contributed by atoms with Crippen LogP contribution in [0.5, 0.6) is 5.75 Å². The van der Waals surface area contributed by atoms with E-state index in [0.717, 1.165) is 61.9 Å². The number of nitrogens with zero attached hydrogens (tertiary/aromatic N) is 1. The maximum Gasteiger partial charge on any atom is 0.128 e. The lowest BCUT2D eigenvalue weighted by Gasteiger charge is -2.16. The number of aromatic nitrogens is 1. The van der Waals surface area contributed by atoms with Gasteiger partial charge in [0.1, 0.15) is 5.75 Å². The predicted octanol–water partition coefficient (Wildman–Crippen LogP) is 11.5. The number of benzene rings is 6. The van der Waals surface area contributed by atoms with Gasteiger partial charge in [0.25, 0.3) is 0 Å². The molecule has 0 amide bonds. The number of para-hydroxylation sites is 1. The highest BCUT2D eigenvalue weighted by atomic mass is 16.5. The van der Waals surface area contributed by atoms with Gasteiger partial charge in [-0.15, -0.1) is 0 Å². The van der Waals surface area contributed by atoms with Gasteiger partial charge in [-0.05, 0) is 77.2 Å². The molecule has 0 aliphatic rings. The summed E-state index contributed by atoms with van der Waals surface area (Å²) >= 11 is 0. The Morgan fingerprint density at radius 1 is 0.457 bits per heavy atom. The fourth-order valence-corrected chi connectivity index (χ4v) is 5.79. The van der Waals surface area contributed by atoms with Crippen molar-refractivity contribution in [3.63, 3.8) is 0 Å². The molecular weight excluding hydrogens is 560 g/mol. The van der Waals surface area contributed by atoms with Gasteiger partial charge in [0, 0.05) is 28.1 Å². The average molecular weight is 595 g/mol. The summed E-state index contributed by atoms with van der Waals surface area (Å²) in [5, 5.41) is 3.70. The number of rotatable bonds is 8. The van der Waals surface area contributed by atoms with E-state index in [4.69, 9.17) is 9.72 Å². The van der Waals surface area contributed by atoms with Crippen molar-refractivity contribution in [2.45, 2.75) is 6.92 Å². The van der Waals surface area contributed by atoms with Gasteiger partial charge in [-0.25, -0.2) is 4.98 Å². The van der Waals surface area contributed by atoms with Crippen molar-refractivity contribution >= 4 is 11.4 Å². The standard InChI is InChI=1S/C43H34N2O/c1-30-17-24-37(25-18-30)44-41-27-35(31-11-5-3-6-12-31)23-26-38(41)33-21-19-32(20-22-33)36-28-40(34-13-7-4-8-14-34)45-42(29-36)39-15-9-10-16-43(39)46-2/h3-29,44H,1-2H3. The van der Waals surface area contributed by atoms with E-state index in [2.05, 4.69) is 140 Å². The molecule has 3 heteroatoms. The molecule has 1 aromatic heterocycles. The first-order valence-electron chi connectivity index (χ1n) is 15.5. The Bertz CT molecular complexity index is 2090. The monoisotopic (exact) mass is 594 g/mol. The third kappa shape index (κ3) is 6.17. The molecule has 7 rings (SSSR count). The molecule has 0 aliphatic carbocycles. The molecule has 0 radical (unpaired) electrons. The molecule has 1 N–H and O–H groups in total. The van der Waals surface area contributed by atoms with Crippen molar-refractivity contribution < 1.29 is 4.74 Å². The minimum absolute atomic E-state index is 0.800. The Kier molecular flexibility index (Phi) is 8.13. The predicted molar refractivity (Wildman–Crippen MR) is 192 cm³/mol. The number of methoxy groups -OCH3 is 1. The SMILES string of the molecule is COc1ccccc1-c1cc(-c2ccc(-c3ccc(-c4ccccc4)cc3Nc3ccc(C)cc3)cc2)cc(-c2ccccc2)n1. The van der Waals surface area contributed by atoms with Crippen LogP contribution in [0.15, 0.2) is 164 Å². The summed E-state index contributed by atoms with van der Waals surface area (Å²) < 4.78 is 5.71. The smallest absolute Gasteiger partial charge is 0.128 e. The molecule has 222 valence electrons. The first-order valence-corrected chi connectivity index (χ1v) is 15.5. The van der Waals surface area contributed by atoms with E-state index in [9.17, 15) is 0 Å². The summed E-state index contributed by atoms with van der Waals surface area (Å²) in [6.45, 7) is 2.11. The second-order valence-corrected chi connectivity index (χ2v) is 11.4. The Morgan fingerprint density at radius 3 is 1.76 bits per heavy atom. The minimum Gasteiger partial charge on any atom is -0.496 e. The lowest BCUT2D eigenvalue weighted by molar-refractivity contribution is 0.416. The molecule has 46 heavy (non-hydrogen) atoms. The van der Waals surface area contributed by atoms with Crippen LogP contribution < -0.4 is 10.1 Å². The van der Waals surface area contributed by atoms with Crippen LogP contribution in [-0.2, 0) is 0 Å². The van der Waals surface area contributed by atoms with Gasteiger partial charge in [-0.3, -0.25) is 0 Å². The highest BCUT2D eigenvalue weighted by molar-refractivity contribution is 5.86. The van der Waals surface area contributed by atoms with Gasteiger partial charge in [0.15, 0.2) is 0 Å². The van der Waals surface area contributed by atoms with Crippen LogP contribution in [0.4, 0.5) is 11.4 Å². The lowest BCUT2D eigenvalue weighted by Crippen LogP contribution is -1.95. The van der Waals surface area contributed by atoms with E-state index in [1.165, 1.54) is 16.7 Å². The van der Waals surface area contributed by atoms with Crippen LogP contribution in [0, 0.1) is 6.92 Å². The topological polar surface area (TPSA) is 34.1 Å². The van der Waals surface area contributed by atoms with Crippen LogP contribution in [0.3, 0.4) is 0 Å². The number of pyridine rings is 1. The summed E-state index contributed by atoms with van der Waals surface area (Å²) in [6, 6.07) is 57.2. The lowest BCUT2D eigenvalue weighted by atomic mass is 9.95. The highest BCUT2D eigenvalue weighted by Crippen LogP contribution is 2.37. The van der Waals surface area contributed by atoms with E-state index in [0.29, 0.717) is 0 Å². The minimum atomic E-state index is 0.800. The van der Waals surface area contributed by atoms with Gasteiger partial charge < -0.3 is 10.1 Å². The summed E-state index contributed by atoms with van der Waals surface area (Å²) in [5.74, 6) is 0.800. The second-order valence-electron chi connectivity index (χ2n) is 11.4. The zero-order chi connectivity index (χ0) is 31.3. The number of hydrogen-bond acceptors (Lipinski definition) is 3. The largest absolute Gasteiger partial charge is 0.496 e. The number of anilines is 2. The van der Waals surface area contributed by atoms with Crippen LogP contribution in [0.25, 0.3) is 55.9 Å². The Balaban J connectivity index is 1.29. The van der Waals surface area contributed by atoms with Crippen LogP contribution in [0.2, 0.25) is 0 Å². The van der Waals surface area contributed by atoms with E-state index in [1.807, 2.05) is 36.4 Å². The molecule has 0 spiro atoms. The normalized spacial score (nSPS) is 10.8. The van der Waals surface area contributed by atoms with Crippen molar-refractivity contribution in [3.05, 3.63) is 169 Å². The number of nitrogens with one attached hydrogen (secondary N) is 1. The quantitative estimate of drug-likeness (QED) is 0.190. The van der Waals surface area contributed by atoms with Crippen LogP contribution in [-0.4, -0.2) is 12.1 Å². The molecule has 0 atom stereocenters. The van der Waals surface area contributed by atoms with E-state index in [1.54, 1.807) is 7.11 Å². The summed E-state index contributed by atoms with van der Waals surface area (Å²) in [6.07, 6.45) is 0. The zero-order valence-electron chi connectivity index (χ0n) is 25.9. The molecule has 0 saturated carbocycles. The molecule has 0 unspecified atom stereocenters. The number of aryl methyl sites for hydroxylation is 1.